The summed E-state index contributed by atoms with van der Waals surface area (Å²) >= 11 is 6.07. The van der Waals surface area contributed by atoms with Crippen LogP contribution in [0, 0.1) is 0 Å². The number of rotatable bonds is 4. The lowest BCUT2D eigenvalue weighted by molar-refractivity contribution is -0.121. The van der Waals surface area contributed by atoms with Crippen molar-refractivity contribution in [3.05, 3.63) is 58.8 Å². The van der Waals surface area contributed by atoms with Crippen LogP contribution in [0.4, 0.5) is 5.69 Å². The molecule has 0 fully saturated rings. The molecule has 0 saturated carbocycles. The summed E-state index contributed by atoms with van der Waals surface area (Å²) in [4.78, 5) is 26.1. The van der Waals surface area contributed by atoms with E-state index in [1.54, 1.807) is 24.3 Å². The van der Waals surface area contributed by atoms with Gasteiger partial charge in [0.2, 0.25) is 0 Å². The van der Waals surface area contributed by atoms with Gasteiger partial charge in [0.25, 0.3) is 5.91 Å². The van der Waals surface area contributed by atoms with Gasteiger partial charge in [0.15, 0.2) is 5.76 Å². The first kappa shape index (κ1) is 16.9. The van der Waals surface area contributed by atoms with E-state index in [9.17, 15) is 14.7 Å². The Bertz CT molecular complexity index is 906. The maximum atomic E-state index is 12.8. The van der Waals surface area contributed by atoms with Crippen LogP contribution < -0.4 is 14.4 Å². The molecule has 2 aromatic rings. The van der Waals surface area contributed by atoms with Gasteiger partial charge in [-0.15, -0.1) is 0 Å². The smallest absolute Gasteiger partial charge is 0.301 e. The molecule has 0 spiro atoms. The van der Waals surface area contributed by atoms with E-state index in [0.717, 1.165) is 4.90 Å². The Morgan fingerprint density at radius 1 is 0.960 bits per heavy atom. The van der Waals surface area contributed by atoms with E-state index >= 15 is 0 Å². The molecule has 2 amide bonds. The van der Waals surface area contributed by atoms with Gasteiger partial charge in [0, 0.05) is 5.56 Å². The molecule has 3 rings (SSSR count). The van der Waals surface area contributed by atoms with Gasteiger partial charge in [-0.05, 0) is 24.3 Å². The molecule has 6 nitrogen and oxygen atoms in total. The predicted octanol–water partition coefficient (Wildman–Crippen LogP) is 3.20. The first-order valence-electron chi connectivity index (χ1n) is 7.28. The van der Waals surface area contributed by atoms with Crippen LogP contribution in [0.5, 0.6) is 11.5 Å². The molecule has 0 aromatic heterocycles. The zero-order valence-electron chi connectivity index (χ0n) is 13.4. The zero-order chi connectivity index (χ0) is 18.1. The van der Waals surface area contributed by atoms with Crippen molar-refractivity contribution in [1.29, 1.82) is 0 Å². The van der Waals surface area contributed by atoms with Gasteiger partial charge >= 0.3 is 5.91 Å². The predicted molar refractivity (Wildman–Crippen MR) is 93.0 cm³/mol. The number of nitrogens with zero attached hydrogens (tertiary/aromatic N) is 1. The molecular weight excluding hydrogens is 346 g/mol. The van der Waals surface area contributed by atoms with Crippen LogP contribution >= 0.6 is 11.6 Å². The number of anilines is 1. The van der Waals surface area contributed by atoms with Crippen LogP contribution in [0.2, 0.25) is 5.02 Å². The lowest BCUT2D eigenvalue weighted by Crippen LogP contribution is -2.31. The number of carbonyl (C=O) groups is 2. The molecule has 0 aliphatic carbocycles. The van der Waals surface area contributed by atoms with Crippen molar-refractivity contribution in [2.24, 2.45) is 0 Å². The maximum Gasteiger partial charge on any atom is 0.301 e. The molecule has 25 heavy (non-hydrogen) atoms. The van der Waals surface area contributed by atoms with Gasteiger partial charge in [-0.2, -0.15) is 0 Å². The van der Waals surface area contributed by atoms with Crippen molar-refractivity contribution in [2.75, 3.05) is 19.1 Å². The van der Waals surface area contributed by atoms with Crippen molar-refractivity contribution >= 4 is 34.7 Å². The summed E-state index contributed by atoms with van der Waals surface area (Å²) in [5.74, 6) is -1.34. The van der Waals surface area contributed by atoms with Gasteiger partial charge in [-0.1, -0.05) is 29.8 Å². The molecule has 0 saturated heterocycles. The summed E-state index contributed by atoms with van der Waals surface area (Å²) in [5.41, 5.74) is 0.453. The number of aliphatic hydroxyl groups excluding tert-OH is 1. The summed E-state index contributed by atoms with van der Waals surface area (Å²) in [7, 11) is 2.90. The van der Waals surface area contributed by atoms with Crippen molar-refractivity contribution in [3.63, 3.8) is 0 Å². The van der Waals surface area contributed by atoms with Gasteiger partial charge in [0.1, 0.15) is 11.5 Å². The fraction of sp³-hybridized carbons (Fsp3) is 0.111. The SMILES string of the molecule is COc1ccc(N2C(=O)C(O)=C(c3ccccc3OC)C2=O)cc1Cl. The Labute approximate surface area is 148 Å². The van der Waals surface area contributed by atoms with Crippen LogP contribution in [0.15, 0.2) is 48.2 Å². The van der Waals surface area contributed by atoms with Crippen LogP contribution in [-0.4, -0.2) is 31.1 Å². The highest BCUT2D eigenvalue weighted by atomic mass is 35.5. The lowest BCUT2D eigenvalue weighted by atomic mass is 10.0. The van der Waals surface area contributed by atoms with Crippen LogP contribution in [0.3, 0.4) is 0 Å². The largest absolute Gasteiger partial charge is 0.502 e. The molecule has 0 unspecified atom stereocenters. The number of amides is 2. The Kier molecular flexibility index (Phi) is 4.37. The monoisotopic (exact) mass is 359 g/mol. The molecule has 0 atom stereocenters. The Balaban J connectivity index is 2.07. The summed E-state index contributed by atoms with van der Waals surface area (Å²) in [6.07, 6.45) is 0. The molecule has 0 radical (unpaired) electrons. The van der Waals surface area contributed by atoms with E-state index in [1.165, 1.54) is 32.4 Å². The zero-order valence-corrected chi connectivity index (χ0v) is 14.2. The lowest BCUT2D eigenvalue weighted by Gasteiger charge is -2.16. The highest BCUT2D eigenvalue weighted by Gasteiger charge is 2.41. The van der Waals surface area contributed by atoms with Crippen molar-refractivity contribution in [3.8, 4) is 11.5 Å². The summed E-state index contributed by atoms with van der Waals surface area (Å²) in [5, 5.41) is 10.5. The van der Waals surface area contributed by atoms with Gasteiger partial charge in [0.05, 0.1) is 30.5 Å². The average molecular weight is 360 g/mol. The second-order valence-electron chi connectivity index (χ2n) is 5.19. The van der Waals surface area contributed by atoms with E-state index in [1.807, 2.05) is 0 Å². The van der Waals surface area contributed by atoms with E-state index in [-0.39, 0.29) is 16.3 Å². The third kappa shape index (κ3) is 2.70. The number of methoxy groups -OCH3 is 2. The Morgan fingerprint density at radius 3 is 2.28 bits per heavy atom. The van der Waals surface area contributed by atoms with Gasteiger partial charge in [-0.3, -0.25) is 9.59 Å². The highest BCUT2D eigenvalue weighted by Crippen LogP contribution is 2.37. The number of halogens is 1. The standard InChI is InChI=1S/C18H14ClNO5/c1-24-13-6-4-3-5-11(13)15-16(21)18(23)20(17(15)22)10-7-8-14(25-2)12(19)9-10/h3-9,21H,1-2H3. The second kappa shape index (κ2) is 6.49. The molecule has 0 bridgehead atoms. The maximum absolute atomic E-state index is 12.8. The van der Waals surface area contributed by atoms with Crippen LogP contribution in [0.1, 0.15) is 5.56 Å². The molecule has 1 heterocycles. The van der Waals surface area contributed by atoms with Crippen LogP contribution in [-0.2, 0) is 9.59 Å². The van der Waals surface area contributed by atoms with Crippen molar-refractivity contribution in [2.45, 2.75) is 0 Å². The fourth-order valence-electron chi connectivity index (χ4n) is 2.64. The summed E-state index contributed by atoms with van der Waals surface area (Å²) in [6, 6.07) is 11.1. The number of para-hydroxylation sites is 1. The average Bonchev–Trinajstić information content (AvgIpc) is 2.84. The topological polar surface area (TPSA) is 76.1 Å². The molecule has 7 heteroatoms. The minimum atomic E-state index is -0.827. The number of benzene rings is 2. The van der Waals surface area contributed by atoms with Gasteiger partial charge < -0.3 is 14.6 Å². The van der Waals surface area contributed by atoms with E-state index in [0.29, 0.717) is 17.1 Å². The van der Waals surface area contributed by atoms with Crippen molar-refractivity contribution < 1.29 is 24.2 Å². The Morgan fingerprint density at radius 2 is 1.64 bits per heavy atom. The second-order valence-corrected chi connectivity index (χ2v) is 5.60. The first-order chi connectivity index (χ1) is 12.0. The summed E-state index contributed by atoms with van der Waals surface area (Å²) < 4.78 is 10.3. The number of hydrogen-bond acceptors (Lipinski definition) is 5. The molecule has 1 aliphatic heterocycles. The van der Waals surface area contributed by atoms with Crippen LogP contribution in [0.25, 0.3) is 5.57 Å². The number of aliphatic hydroxyl groups is 1. The van der Waals surface area contributed by atoms with E-state index in [2.05, 4.69) is 0 Å². The molecule has 1 N–H and O–H groups in total. The number of carbonyl (C=O) groups excluding carboxylic acids is 2. The first-order valence-corrected chi connectivity index (χ1v) is 7.66. The molecule has 128 valence electrons. The Hall–Kier alpha value is -2.99. The van der Waals surface area contributed by atoms with E-state index < -0.39 is 17.6 Å². The quantitative estimate of drug-likeness (QED) is 0.848. The number of ether oxygens (including phenoxy) is 2. The number of imide groups is 1. The third-order valence-corrected chi connectivity index (χ3v) is 4.12. The molecular formula is C18H14ClNO5. The summed E-state index contributed by atoms with van der Waals surface area (Å²) in [6.45, 7) is 0. The number of hydrogen-bond donors (Lipinski definition) is 1. The third-order valence-electron chi connectivity index (χ3n) is 3.83. The molecule has 2 aromatic carbocycles. The normalized spacial score (nSPS) is 14.3. The van der Waals surface area contributed by atoms with Gasteiger partial charge in [-0.25, -0.2) is 4.90 Å². The minimum absolute atomic E-state index is 0.116. The fourth-order valence-corrected chi connectivity index (χ4v) is 2.89. The van der Waals surface area contributed by atoms with E-state index in [4.69, 9.17) is 21.1 Å². The molecule has 1 aliphatic rings. The van der Waals surface area contributed by atoms with Crippen molar-refractivity contribution in [1.82, 2.24) is 0 Å². The minimum Gasteiger partial charge on any atom is -0.502 e. The highest BCUT2D eigenvalue weighted by molar-refractivity contribution is 6.45.